The van der Waals surface area contributed by atoms with Crippen LogP contribution in [0.15, 0.2) is 34.7 Å². The zero-order valence-corrected chi connectivity index (χ0v) is 9.76. The van der Waals surface area contributed by atoms with Crippen LogP contribution in [-0.4, -0.2) is 16.7 Å². The normalized spacial score (nSPS) is 11.2. The van der Waals surface area contributed by atoms with Gasteiger partial charge in [0.05, 0.1) is 5.69 Å². The molecule has 3 heteroatoms. The predicted octanol–water partition coefficient (Wildman–Crippen LogP) is 2.69. The van der Waals surface area contributed by atoms with E-state index in [4.69, 9.17) is 9.52 Å². The summed E-state index contributed by atoms with van der Waals surface area (Å²) in [6.07, 6.45) is 4.33. The molecule has 0 aliphatic carbocycles. The molecule has 0 amide bonds. The Morgan fingerprint density at radius 2 is 2.00 bits per heavy atom. The van der Waals surface area contributed by atoms with Crippen LogP contribution in [0.3, 0.4) is 0 Å². The average Bonchev–Trinajstić information content (AvgIpc) is 2.70. The number of benzene rings is 1. The van der Waals surface area contributed by atoms with E-state index >= 15 is 0 Å². The molecule has 2 aromatic rings. The zero-order chi connectivity index (χ0) is 12.1. The monoisotopic (exact) mass is 229 g/mol. The Kier molecular flexibility index (Phi) is 3.73. The van der Waals surface area contributed by atoms with Gasteiger partial charge in [-0.25, -0.2) is 4.98 Å². The Morgan fingerprint density at radius 1 is 1.24 bits per heavy atom. The van der Waals surface area contributed by atoms with Gasteiger partial charge in [-0.2, -0.15) is 0 Å². The fourth-order valence-corrected chi connectivity index (χ4v) is 1.59. The molecule has 1 aromatic carbocycles. The van der Waals surface area contributed by atoms with Crippen molar-refractivity contribution < 1.29 is 9.52 Å². The van der Waals surface area contributed by atoms with Crippen LogP contribution in [0.4, 0.5) is 0 Å². The van der Waals surface area contributed by atoms with Gasteiger partial charge in [-0.15, -0.1) is 0 Å². The second kappa shape index (κ2) is 5.46. The second-order valence-corrected chi connectivity index (χ2v) is 3.77. The van der Waals surface area contributed by atoms with Crippen molar-refractivity contribution in [3.05, 3.63) is 53.2 Å². The second-order valence-electron chi connectivity index (χ2n) is 3.77. The van der Waals surface area contributed by atoms with Crippen molar-refractivity contribution in [2.24, 2.45) is 0 Å². The number of aryl methyl sites for hydroxylation is 1. The van der Waals surface area contributed by atoms with E-state index in [9.17, 15) is 0 Å². The van der Waals surface area contributed by atoms with E-state index < -0.39 is 0 Å². The minimum Gasteiger partial charge on any atom is -0.442 e. The minimum atomic E-state index is 0.0925. The number of oxazole rings is 1. The first kappa shape index (κ1) is 11.6. The first-order valence-electron chi connectivity index (χ1n) is 5.60. The molecule has 0 saturated heterocycles. The standard InChI is InChI=1S/C14H15NO2/c1-11-13(9-10-16)15-14(17-11)8-7-12-5-3-2-4-6-12/h2-8,16H,9-10H2,1H3. The molecule has 0 radical (unpaired) electrons. The highest BCUT2D eigenvalue weighted by Gasteiger charge is 2.06. The van der Waals surface area contributed by atoms with Gasteiger partial charge in [0.2, 0.25) is 5.89 Å². The van der Waals surface area contributed by atoms with Crippen molar-refractivity contribution in [1.29, 1.82) is 0 Å². The predicted molar refractivity (Wildman–Crippen MR) is 67.4 cm³/mol. The van der Waals surface area contributed by atoms with Crippen molar-refractivity contribution in [3.63, 3.8) is 0 Å². The SMILES string of the molecule is Cc1oc(C=Cc2ccccc2)nc1CCO. The topological polar surface area (TPSA) is 46.3 Å². The van der Waals surface area contributed by atoms with Crippen LogP contribution < -0.4 is 0 Å². The van der Waals surface area contributed by atoms with Crippen LogP contribution in [0.5, 0.6) is 0 Å². The fraction of sp³-hybridized carbons (Fsp3) is 0.214. The molecule has 1 N–H and O–H groups in total. The molecule has 17 heavy (non-hydrogen) atoms. The molecular formula is C14H15NO2. The van der Waals surface area contributed by atoms with Gasteiger partial charge >= 0.3 is 0 Å². The number of nitrogens with zero attached hydrogens (tertiary/aromatic N) is 1. The summed E-state index contributed by atoms with van der Waals surface area (Å²) in [5, 5.41) is 8.86. The smallest absolute Gasteiger partial charge is 0.219 e. The molecule has 0 spiro atoms. The first-order chi connectivity index (χ1) is 8.29. The van der Waals surface area contributed by atoms with Gasteiger partial charge in [-0.05, 0) is 18.6 Å². The third kappa shape index (κ3) is 3.04. The van der Waals surface area contributed by atoms with Crippen molar-refractivity contribution >= 4 is 12.2 Å². The lowest BCUT2D eigenvalue weighted by Crippen LogP contribution is -1.92. The number of hydrogen-bond acceptors (Lipinski definition) is 3. The van der Waals surface area contributed by atoms with E-state index in [0.29, 0.717) is 12.3 Å². The van der Waals surface area contributed by atoms with Crippen molar-refractivity contribution in [3.8, 4) is 0 Å². The van der Waals surface area contributed by atoms with Crippen molar-refractivity contribution in [2.75, 3.05) is 6.61 Å². The van der Waals surface area contributed by atoms with Crippen LogP contribution in [0.1, 0.15) is 22.9 Å². The molecule has 0 saturated carbocycles. The fourth-order valence-electron chi connectivity index (χ4n) is 1.59. The molecule has 0 bridgehead atoms. The zero-order valence-electron chi connectivity index (χ0n) is 9.76. The van der Waals surface area contributed by atoms with Gasteiger partial charge < -0.3 is 9.52 Å². The highest BCUT2D eigenvalue weighted by Crippen LogP contribution is 2.13. The number of aliphatic hydroxyl groups is 1. The van der Waals surface area contributed by atoms with Crippen LogP contribution in [0.2, 0.25) is 0 Å². The maximum atomic E-state index is 8.86. The van der Waals surface area contributed by atoms with Crippen LogP contribution in [0.25, 0.3) is 12.2 Å². The lowest BCUT2D eigenvalue weighted by molar-refractivity contribution is 0.297. The quantitative estimate of drug-likeness (QED) is 0.876. The largest absolute Gasteiger partial charge is 0.442 e. The molecule has 88 valence electrons. The molecule has 0 aliphatic rings. The summed E-state index contributed by atoms with van der Waals surface area (Å²) in [5.41, 5.74) is 1.92. The first-order valence-corrected chi connectivity index (χ1v) is 5.60. The molecular weight excluding hydrogens is 214 g/mol. The van der Waals surface area contributed by atoms with E-state index in [0.717, 1.165) is 17.0 Å². The van der Waals surface area contributed by atoms with Crippen molar-refractivity contribution in [2.45, 2.75) is 13.3 Å². The van der Waals surface area contributed by atoms with Gasteiger partial charge in [-0.1, -0.05) is 30.3 Å². The van der Waals surface area contributed by atoms with E-state index in [1.165, 1.54) is 0 Å². The summed E-state index contributed by atoms with van der Waals surface area (Å²) in [5.74, 6) is 1.35. The molecule has 0 atom stereocenters. The van der Waals surface area contributed by atoms with Crippen LogP contribution in [0, 0.1) is 6.92 Å². The lowest BCUT2D eigenvalue weighted by Gasteiger charge is -1.89. The third-order valence-corrected chi connectivity index (χ3v) is 2.48. The van der Waals surface area contributed by atoms with Crippen LogP contribution in [-0.2, 0) is 6.42 Å². The van der Waals surface area contributed by atoms with Gasteiger partial charge in [0.1, 0.15) is 5.76 Å². The molecule has 2 rings (SSSR count). The maximum absolute atomic E-state index is 8.86. The molecule has 1 heterocycles. The molecule has 1 aromatic heterocycles. The van der Waals surface area contributed by atoms with E-state index in [-0.39, 0.29) is 6.61 Å². The molecule has 3 nitrogen and oxygen atoms in total. The Hall–Kier alpha value is -1.87. The Bertz CT molecular complexity index is 500. The summed E-state index contributed by atoms with van der Waals surface area (Å²) in [4.78, 5) is 4.30. The summed E-state index contributed by atoms with van der Waals surface area (Å²) in [6, 6.07) is 9.98. The van der Waals surface area contributed by atoms with Gasteiger partial charge in [0.25, 0.3) is 0 Å². The summed E-state index contributed by atoms with van der Waals surface area (Å²) in [7, 11) is 0. The number of rotatable bonds is 4. The summed E-state index contributed by atoms with van der Waals surface area (Å²) >= 11 is 0. The van der Waals surface area contributed by atoms with Crippen molar-refractivity contribution in [1.82, 2.24) is 4.98 Å². The minimum absolute atomic E-state index is 0.0925. The summed E-state index contributed by atoms with van der Waals surface area (Å²) in [6.45, 7) is 1.95. The van der Waals surface area contributed by atoms with Gasteiger partial charge in [-0.3, -0.25) is 0 Å². The Labute approximate surface area is 100 Å². The average molecular weight is 229 g/mol. The van der Waals surface area contributed by atoms with Gasteiger partial charge in [0.15, 0.2) is 0 Å². The Balaban J connectivity index is 2.14. The van der Waals surface area contributed by atoms with E-state index in [1.807, 2.05) is 49.4 Å². The molecule has 0 aliphatic heterocycles. The highest BCUT2D eigenvalue weighted by molar-refractivity contribution is 5.65. The number of hydrogen-bond donors (Lipinski definition) is 1. The Morgan fingerprint density at radius 3 is 2.71 bits per heavy atom. The molecule has 0 fully saturated rings. The summed E-state index contributed by atoms with van der Waals surface area (Å²) < 4.78 is 5.48. The van der Waals surface area contributed by atoms with E-state index in [1.54, 1.807) is 0 Å². The number of aliphatic hydroxyl groups excluding tert-OH is 1. The third-order valence-electron chi connectivity index (χ3n) is 2.48. The van der Waals surface area contributed by atoms with Crippen LogP contribution >= 0.6 is 0 Å². The maximum Gasteiger partial charge on any atom is 0.219 e. The lowest BCUT2D eigenvalue weighted by atomic mass is 10.2. The van der Waals surface area contributed by atoms with Gasteiger partial charge in [0, 0.05) is 19.1 Å². The highest BCUT2D eigenvalue weighted by atomic mass is 16.4. The molecule has 0 unspecified atom stereocenters. The van der Waals surface area contributed by atoms with E-state index in [2.05, 4.69) is 4.98 Å². The number of aromatic nitrogens is 1.